The molecule has 0 spiro atoms. The molecular weight excluding hydrogens is 570 g/mol. The van der Waals surface area contributed by atoms with Crippen LogP contribution in [0.3, 0.4) is 0 Å². The van der Waals surface area contributed by atoms with E-state index in [1.54, 1.807) is 4.57 Å². The molecule has 0 aliphatic carbocycles. The van der Waals surface area contributed by atoms with E-state index >= 15 is 0 Å². The highest BCUT2D eigenvalue weighted by Gasteiger charge is 2.28. The number of rotatable bonds is 8. The molecule has 3 heterocycles. The Labute approximate surface area is 232 Å². The maximum Gasteiger partial charge on any atom is 0.263 e. The summed E-state index contributed by atoms with van der Waals surface area (Å²) in [6.07, 6.45) is 1.53. The van der Waals surface area contributed by atoms with E-state index in [0.29, 0.717) is 36.0 Å². The van der Waals surface area contributed by atoms with Gasteiger partial charge < -0.3 is 10.1 Å². The topological polar surface area (TPSA) is 73.2 Å². The average Bonchev–Trinajstić information content (AvgIpc) is 3.26. The second kappa shape index (κ2) is 11.5. The number of thioether (sulfide) groups is 1. The van der Waals surface area contributed by atoms with Gasteiger partial charge in [0.05, 0.1) is 23.8 Å². The molecule has 0 unspecified atom stereocenters. The SMILES string of the molecule is CC(C)[C@@H]1Cc2c(sc3nc(SCC(=O)Nc4ccc(Br)cc4)n(CCc4ccccc4)c(=O)c23)CO1. The predicted molar refractivity (Wildman–Crippen MR) is 155 cm³/mol. The molecule has 9 heteroatoms. The molecule has 1 amide bonds. The summed E-state index contributed by atoms with van der Waals surface area (Å²) >= 11 is 6.24. The van der Waals surface area contributed by atoms with Crippen LogP contribution in [0.2, 0.25) is 0 Å². The average molecular weight is 599 g/mol. The van der Waals surface area contributed by atoms with Gasteiger partial charge in [-0.1, -0.05) is 71.9 Å². The molecule has 4 aromatic rings. The van der Waals surface area contributed by atoms with Crippen LogP contribution in [0.15, 0.2) is 69.0 Å². The van der Waals surface area contributed by atoms with Crippen LogP contribution in [-0.4, -0.2) is 27.3 Å². The number of halogens is 1. The molecule has 0 fully saturated rings. The Morgan fingerprint density at radius 3 is 2.70 bits per heavy atom. The molecule has 2 aromatic heterocycles. The van der Waals surface area contributed by atoms with Crippen molar-refractivity contribution in [3.63, 3.8) is 0 Å². The van der Waals surface area contributed by atoms with Gasteiger partial charge in [-0.05, 0) is 47.7 Å². The third kappa shape index (κ3) is 6.00. The van der Waals surface area contributed by atoms with Crippen molar-refractivity contribution in [1.29, 1.82) is 0 Å². The monoisotopic (exact) mass is 597 g/mol. The number of carbonyl (C=O) groups is 1. The summed E-state index contributed by atoms with van der Waals surface area (Å²) in [5, 5.41) is 4.20. The van der Waals surface area contributed by atoms with E-state index in [-0.39, 0.29) is 23.3 Å². The number of carbonyl (C=O) groups excluding carboxylic acids is 1. The highest BCUT2D eigenvalue weighted by Crippen LogP contribution is 2.36. The van der Waals surface area contributed by atoms with E-state index in [2.05, 4.69) is 47.2 Å². The van der Waals surface area contributed by atoms with Crippen molar-refractivity contribution >= 4 is 60.8 Å². The van der Waals surface area contributed by atoms with Gasteiger partial charge in [0.25, 0.3) is 5.56 Å². The van der Waals surface area contributed by atoms with Crippen molar-refractivity contribution in [3.05, 3.63) is 85.4 Å². The highest BCUT2D eigenvalue weighted by atomic mass is 79.9. The number of hydrogen-bond donors (Lipinski definition) is 1. The van der Waals surface area contributed by atoms with Crippen LogP contribution in [0.5, 0.6) is 0 Å². The zero-order valence-corrected chi connectivity index (χ0v) is 23.9. The van der Waals surface area contributed by atoms with Crippen molar-refractivity contribution in [3.8, 4) is 0 Å². The Morgan fingerprint density at radius 2 is 1.97 bits per heavy atom. The molecule has 6 nitrogen and oxygen atoms in total. The Kier molecular flexibility index (Phi) is 8.14. The Balaban J connectivity index is 1.45. The zero-order chi connectivity index (χ0) is 25.9. The first-order valence-electron chi connectivity index (χ1n) is 12.3. The predicted octanol–water partition coefficient (Wildman–Crippen LogP) is 6.29. The van der Waals surface area contributed by atoms with Crippen LogP contribution >= 0.6 is 39.0 Å². The van der Waals surface area contributed by atoms with Crippen molar-refractivity contribution in [1.82, 2.24) is 9.55 Å². The van der Waals surface area contributed by atoms with E-state index in [1.165, 1.54) is 23.1 Å². The minimum Gasteiger partial charge on any atom is -0.372 e. The summed E-state index contributed by atoms with van der Waals surface area (Å²) in [6.45, 7) is 5.31. The summed E-state index contributed by atoms with van der Waals surface area (Å²) < 4.78 is 8.75. The number of amides is 1. The van der Waals surface area contributed by atoms with E-state index in [0.717, 1.165) is 37.4 Å². The van der Waals surface area contributed by atoms with Gasteiger partial charge in [-0.15, -0.1) is 11.3 Å². The van der Waals surface area contributed by atoms with Gasteiger partial charge in [-0.25, -0.2) is 4.98 Å². The third-order valence-electron chi connectivity index (χ3n) is 6.46. The first-order valence-corrected chi connectivity index (χ1v) is 14.9. The summed E-state index contributed by atoms with van der Waals surface area (Å²) in [5.74, 6) is 0.383. The molecule has 5 rings (SSSR count). The van der Waals surface area contributed by atoms with Crippen molar-refractivity contribution in [2.75, 3.05) is 11.1 Å². The number of thiophene rings is 1. The van der Waals surface area contributed by atoms with Crippen molar-refractivity contribution < 1.29 is 9.53 Å². The maximum atomic E-state index is 13.9. The van der Waals surface area contributed by atoms with Crippen LogP contribution in [0.25, 0.3) is 10.2 Å². The molecule has 0 bridgehead atoms. The summed E-state index contributed by atoms with van der Waals surface area (Å²) in [6, 6.07) is 17.6. The number of nitrogens with one attached hydrogen (secondary N) is 1. The van der Waals surface area contributed by atoms with E-state index in [9.17, 15) is 9.59 Å². The molecule has 2 aromatic carbocycles. The fraction of sp³-hybridized carbons (Fsp3) is 0.321. The van der Waals surface area contributed by atoms with Crippen molar-refractivity contribution in [2.45, 2.75) is 51.1 Å². The number of nitrogens with zero attached hydrogens (tertiary/aromatic N) is 2. The van der Waals surface area contributed by atoms with Crippen molar-refractivity contribution in [2.24, 2.45) is 5.92 Å². The van der Waals surface area contributed by atoms with Crippen LogP contribution in [0.4, 0.5) is 5.69 Å². The molecule has 1 atom stereocenters. The molecule has 0 saturated heterocycles. The van der Waals surface area contributed by atoms with Gasteiger partial charge >= 0.3 is 0 Å². The molecule has 1 aliphatic rings. The molecule has 0 radical (unpaired) electrons. The lowest BCUT2D eigenvalue weighted by Crippen LogP contribution is -2.29. The zero-order valence-electron chi connectivity index (χ0n) is 20.7. The lowest BCUT2D eigenvalue weighted by Gasteiger charge is -2.26. The van der Waals surface area contributed by atoms with E-state index < -0.39 is 0 Å². The Hall–Kier alpha value is -2.46. The fourth-order valence-electron chi connectivity index (χ4n) is 4.42. The first kappa shape index (κ1) is 26.2. The minimum absolute atomic E-state index is 0.0290. The second-order valence-electron chi connectivity index (χ2n) is 9.41. The lowest BCUT2D eigenvalue weighted by atomic mass is 9.96. The van der Waals surface area contributed by atoms with Crippen LogP contribution in [0, 0.1) is 5.92 Å². The van der Waals surface area contributed by atoms with Gasteiger partial charge in [0.15, 0.2) is 5.16 Å². The lowest BCUT2D eigenvalue weighted by molar-refractivity contribution is -0.113. The maximum absolute atomic E-state index is 13.9. The molecule has 1 aliphatic heterocycles. The highest BCUT2D eigenvalue weighted by molar-refractivity contribution is 9.10. The second-order valence-corrected chi connectivity index (χ2v) is 12.4. The Bertz CT molecular complexity index is 1470. The third-order valence-corrected chi connectivity index (χ3v) is 9.07. The van der Waals surface area contributed by atoms with Crippen LogP contribution in [0.1, 0.15) is 29.9 Å². The summed E-state index contributed by atoms with van der Waals surface area (Å²) in [5.41, 5.74) is 2.93. The molecular formula is C28H28BrN3O3S2. The van der Waals surface area contributed by atoms with Gasteiger partial charge in [0.2, 0.25) is 5.91 Å². The number of anilines is 1. The smallest absolute Gasteiger partial charge is 0.263 e. The van der Waals surface area contributed by atoms with Crippen LogP contribution in [-0.2, 0) is 35.5 Å². The van der Waals surface area contributed by atoms with Gasteiger partial charge in [0, 0.05) is 28.0 Å². The number of hydrogen-bond acceptors (Lipinski definition) is 6. The number of benzene rings is 2. The number of ether oxygens (including phenoxy) is 1. The largest absolute Gasteiger partial charge is 0.372 e. The Morgan fingerprint density at radius 1 is 1.22 bits per heavy atom. The summed E-state index contributed by atoms with van der Waals surface area (Å²) in [4.78, 5) is 33.3. The van der Waals surface area contributed by atoms with Gasteiger partial charge in [-0.2, -0.15) is 0 Å². The van der Waals surface area contributed by atoms with E-state index in [4.69, 9.17) is 9.72 Å². The molecule has 192 valence electrons. The van der Waals surface area contributed by atoms with Gasteiger partial charge in [-0.3, -0.25) is 14.2 Å². The molecule has 0 saturated carbocycles. The summed E-state index contributed by atoms with van der Waals surface area (Å²) in [7, 11) is 0. The quantitative estimate of drug-likeness (QED) is 0.191. The molecule has 1 N–H and O–H groups in total. The number of fused-ring (bicyclic) bond motifs is 3. The molecule has 37 heavy (non-hydrogen) atoms. The first-order chi connectivity index (χ1) is 17.9. The standard InChI is InChI=1S/C28H28BrN3O3S2/c1-17(2)22-14-21-23(15-35-22)37-26-25(21)27(34)32(13-12-18-6-4-3-5-7-18)28(31-26)36-16-24(33)30-20-10-8-19(29)9-11-20/h3-11,17,22H,12-16H2,1-2H3,(H,30,33)/t22-/m0/s1. The van der Waals surface area contributed by atoms with Crippen LogP contribution < -0.4 is 10.9 Å². The fourth-order valence-corrected chi connectivity index (χ4v) is 6.68. The number of aromatic nitrogens is 2. The van der Waals surface area contributed by atoms with E-state index in [1.807, 2.05) is 42.5 Å². The minimum atomic E-state index is -0.144. The number of aryl methyl sites for hydroxylation is 1. The van der Waals surface area contributed by atoms with Gasteiger partial charge in [0.1, 0.15) is 4.83 Å². The normalized spacial score (nSPS) is 15.2.